The second-order valence-electron chi connectivity index (χ2n) is 5.90. The highest BCUT2D eigenvalue weighted by molar-refractivity contribution is 5.87. The molecule has 3 heterocycles. The van der Waals surface area contributed by atoms with Gasteiger partial charge in [0.05, 0.1) is 5.39 Å². The molecule has 1 fully saturated rings. The molecule has 0 amide bonds. The van der Waals surface area contributed by atoms with Crippen molar-refractivity contribution in [2.24, 2.45) is 5.92 Å². The fourth-order valence-corrected chi connectivity index (χ4v) is 3.03. The van der Waals surface area contributed by atoms with Crippen molar-refractivity contribution < 1.29 is 0 Å². The predicted octanol–water partition coefficient (Wildman–Crippen LogP) is 3.36. The zero-order valence-corrected chi connectivity index (χ0v) is 11.8. The summed E-state index contributed by atoms with van der Waals surface area (Å²) >= 11 is 0. The number of aromatic nitrogens is 3. The summed E-state index contributed by atoms with van der Waals surface area (Å²) in [5, 5.41) is 1.15. The third-order valence-corrected chi connectivity index (χ3v) is 4.06. The van der Waals surface area contributed by atoms with Gasteiger partial charge in [0.25, 0.3) is 0 Å². The number of nitrogens with zero attached hydrogens (tertiary/aromatic N) is 3. The second kappa shape index (κ2) is 5.19. The van der Waals surface area contributed by atoms with Gasteiger partial charge < -0.3 is 9.88 Å². The first-order chi connectivity index (χ1) is 9.25. The van der Waals surface area contributed by atoms with Crippen LogP contribution < -0.4 is 4.90 Å². The van der Waals surface area contributed by atoms with Gasteiger partial charge in [-0.1, -0.05) is 13.8 Å². The number of fused-ring (bicyclic) bond motifs is 1. The summed E-state index contributed by atoms with van der Waals surface area (Å²) in [6.07, 6.45) is 8.76. The van der Waals surface area contributed by atoms with Crippen LogP contribution in [0.1, 0.15) is 39.5 Å². The fourth-order valence-electron chi connectivity index (χ4n) is 3.03. The van der Waals surface area contributed by atoms with Crippen LogP contribution in [-0.2, 0) is 0 Å². The van der Waals surface area contributed by atoms with Gasteiger partial charge in [0.15, 0.2) is 0 Å². The smallest absolute Gasteiger partial charge is 0.142 e. The molecule has 2 aromatic rings. The molecule has 3 rings (SSSR count). The molecule has 0 spiro atoms. The van der Waals surface area contributed by atoms with Gasteiger partial charge in [-0.25, -0.2) is 9.97 Å². The van der Waals surface area contributed by atoms with Gasteiger partial charge in [-0.3, -0.25) is 0 Å². The Labute approximate surface area is 114 Å². The molecule has 4 nitrogen and oxygen atoms in total. The summed E-state index contributed by atoms with van der Waals surface area (Å²) in [6, 6.07) is 2.73. The lowest BCUT2D eigenvalue weighted by Crippen LogP contribution is -2.30. The summed E-state index contributed by atoms with van der Waals surface area (Å²) in [5.74, 6) is 1.89. The summed E-state index contributed by atoms with van der Waals surface area (Å²) in [6.45, 7) is 5.72. The highest BCUT2D eigenvalue weighted by Gasteiger charge is 2.27. The van der Waals surface area contributed by atoms with E-state index in [1.165, 1.54) is 25.7 Å². The quantitative estimate of drug-likeness (QED) is 0.914. The van der Waals surface area contributed by atoms with E-state index in [2.05, 4.69) is 39.8 Å². The number of hydrogen-bond acceptors (Lipinski definition) is 3. The molecule has 2 aromatic heterocycles. The number of H-pyrrole nitrogens is 1. The number of anilines is 1. The molecule has 1 unspecified atom stereocenters. The van der Waals surface area contributed by atoms with Crippen molar-refractivity contribution in [2.75, 3.05) is 11.4 Å². The number of aromatic amines is 1. The van der Waals surface area contributed by atoms with E-state index < -0.39 is 0 Å². The number of hydrogen-bond donors (Lipinski definition) is 1. The first kappa shape index (κ1) is 12.5. The minimum Gasteiger partial charge on any atom is -0.353 e. The summed E-state index contributed by atoms with van der Waals surface area (Å²) < 4.78 is 0. The lowest BCUT2D eigenvalue weighted by molar-refractivity contribution is 0.494. The molecule has 1 aliphatic rings. The van der Waals surface area contributed by atoms with E-state index in [0.717, 1.165) is 29.3 Å². The molecule has 0 aromatic carbocycles. The third-order valence-electron chi connectivity index (χ3n) is 4.06. The topological polar surface area (TPSA) is 44.8 Å². The average molecular weight is 258 g/mol. The highest BCUT2D eigenvalue weighted by Crippen LogP contribution is 2.31. The first-order valence-corrected chi connectivity index (χ1v) is 7.30. The van der Waals surface area contributed by atoms with E-state index in [1.54, 1.807) is 6.33 Å². The van der Waals surface area contributed by atoms with Gasteiger partial charge in [-0.15, -0.1) is 0 Å². The van der Waals surface area contributed by atoms with Crippen molar-refractivity contribution in [3.05, 3.63) is 18.6 Å². The average Bonchev–Trinajstić information content (AvgIpc) is 3.04. The van der Waals surface area contributed by atoms with Gasteiger partial charge in [0.1, 0.15) is 17.8 Å². The van der Waals surface area contributed by atoms with Crippen LogP contribution in [0.4, 0.5) is 5.82 Å². The van der Waals surface area contributed by atoms with Gasteiger partial charge in [0.2, 0.25) is 0 Å². The van der Waals surface area contributed by atoms with Crippen LogP contribution in [0.2, 0.25) is 0 Å². The minimum atomic E-state index is 0.649. The second-order valence-corrected chi connectivity index (χ2v) is 5.90. The number of rotatable bonds is 4. The van der Waals surface area contributed by atoms with E-state index in [0.29, 0.717) is 6.04 Å². The molecular weight excluding hydrogens is 236 g/mol. The predicted molar refractivity (Wildman–Crippen MR) is 78.3 cm³/mol. The Morgan fingerprint density at radius 3 is 3.16 bits per heavy atom. The van der Waals surface area contributed by atoms with E-state index in [9.17, 15) is 0 Å². The highest BCUT2D eigenvalue weighted by atomic mass is 15.2. The van der Waals surface area contributed by atoms with E-state index >= 15 is 0 Å². The Morgan fingerprint density at radius 2 is 2.32 bits per heavy atom. The monoisotopic (exact) mass is 258 g/mol. The molecule has 0 radical (unpaired) electrons. The Hall–Kier alpha value is -1.58. The van der Waals surface area contributed by atoms with Crippen molar-refractivity contribution >= 4 is 16.9 Å². The van der Waals surface area contributed by atoms with Crippen LogP contribution >= 0.6 is 0 Å². The van der Waals surface area contributed by atoms with E-state index in [4.69, 9.17) is 0 Å². The van der Waals surface area contributed by atoms with Crippen molar-refractivity contribution in [2.45, 2.75) is 45.6 Å². The maximum atomic E-state index is 4.53. The molecule has 4 heteroatoms. The van der Waals surface area contributed by atoms with Gasteiger partial charge in [-0.2, -0.15) is 0 Å². The lowest BCUT2D eigenvalue weighted by Gasteiger charge is -2.26. The summed E-state index contributed by atoms with van der Waals surface area (Å²) in [4.78, 5) is 14.5. The van der Waals surface area contributed by atoms with Crippen LogP contribution in [0.15, 0.2) is 18.6 Å². The molecule has 102 valence electrons. The summed E-state index contributed by atoms with van der Waals surface area (Å²) in [5.41, 5.74) is 0.944. The van der Waals surface area contributed by atoms with Crippen LogP contribution in [0.25, 0.3) is 11.0 Å². The Bertz CT molecular complexity index is 546. The van der Waals surface area contributed by atoms with Gasteiger partial charge in [0, 0.05) is 18.8 Å². The maximum Gasteiger partial charge on any atom is 0.142 e. The van der Waals surface area contributed by atoms with Gasteiger partial charge >= 0.3 is 0 Å². The molecule has 0 saturated carbocycles. The Morgan fingerprint density at radius 1 is 1.42 bits per heavy atom. The van der Waals surface area contributed by atoms with Crippen LogP contribution in [-0.4, -0.2) is 27.5 Å². The molecule has 1 atom stereocenters. The summed E-state index contributed by atoms with van der Waals surface area (Å²) in [7, 11) is 0. The van der Waals surface area contributed by atoms with Crippen LogP contribution in [0, 0.1) is 5.92 Å². The molecule has 0 bridgehead atoms. The number of nitrogens with one attached hydrogen (secondary N) is 1. The molecule has 1 saturated heterocycles. The van der Waals surface area contributed by atoms with Gasteiger partial charge in [-0.05, 0) is 37.7 Å². The molecular formula is C15H22N4. The third kappa shape index (κ3) is 2.44. The Kier molecular flexibility index (Phi) is 3.40. The largest absolute Gasteiger partial charge is 0.353 e. The normalized spacial score (nSPS) is 19.7. The molecule has 1 N–H and O–H groups in total. The zero-order valence-electron chi connectivity index (χ0n) is 11.8. The van der Waals surface area contributed by atoms with Crippen molar-refractivity contribution in [3.63, 3.8) is 0 Å². The Balaban J connectivity index is 1.85. The molecule has 1 aliphatic heterocycles. The maximum absolute atomic E-state index is 4.53. The van der Waals surface area contributed by atoms with Crippen molar-refractivity contribution in [3.8, 4) is 0 Å². The van der Waals surface area contributed by atoms with E-state index in [-0.39, 0.29) is 0 Å². The van der Waals surface area contributed by atoms with Crippen molar-refractivity contribution in [1.82, 2.24) is 15.0 Å². The lowest BCUT2D eigenvalue weighted by atomic mass is 10.0. The molecule has 19 heavy (non-hydrogen) atoms. The molecule has 0 aliphatic carbocycles. The van der Waals surface area contributed by atoms with Crippen LogP contribution in [0.3, 0.4) is 0 Å². The van der Waals surface area contributed by atoms with Crippen LogP contribution in [0.5, 0.6) is 0 Å². The SMILES string of the molecule is CC(C)CCC1CCCN1c1ncnc2[nH]ccc12. The standard InChI is InChI=1S/C15H22N4/c1-11(2)5-6-12-4-3-9-19(12)15-13-7-8-16-14(13)17-10-18-15/h7-8,10-12H,3-6,9H2,1-2H3,(H,16,17,18). The zero-order chi connectivity index (χ0) is 13.2. The van der Waals surface area contributed by atoms with Crippen molar-refractivity contribution in [1.29, 1.82) is 0 Å². The fraction of sp³-hybridized carbons (Fsp3) is 0.600. The minimum absolute atomic E-state index is 0.649. The first-order valence-electron chi connectivity index (χ1n) is 7.30. The van der Waals surface area contributed by atoms with E-state index in [1.807, 2.05) is 6.20 Å².